The number of likely N-dealkylation sites (tertiary alicyclic amines) is 1. The monoisotopic (exact) mass is 360 g/mol. The number of thiazole rings is 1. The fourth-order valence-corrected chi connectivity index (χ4v) is 3.91. The highest BCUT2D eigenvalue weighted by Crippen LogP contribution is 2.35. The van der Waals surface area contributed by atoms with Crippen molar-refractivity contribution in [1.82, 2.24) is 9.88 Å². The predicted octanol–water partition coefficient (Wildman–Crippen LogP) is 4.98. The number of carbonyl (C=O) groups excluding carboxylic acids is 1. The smallest absolute Gasteiger partial charge is 0.410 e. The van der Waals surface area contributed by atoms with Gasteiger partial charge in [-0.2, -0.15) is 0 Å². The van der Waals surface area contributed by atoms with E-state index >= 15 is 0 Å². The standard InChI is InChI=1S/C19H24N2O3S/c1-19(2,3)24-18(23)21-11-5-4-6-16(21)17-20-15(12-25-17)13-7-9-14(22)10-8-13/h7-10,12,16,22H,4-6,11H2,1-3H3. The molecule has 0 saturated carbocycles. The Morgan fingerprint density at radius 2 is 2.00 bits per heavy atom. The van der Waals surface area contributed by atoms with E-state index in [2.05, 4.69) is 0 Å². The molecule has 6 heteroatoms. The van der Waals surface area contributed by atoms with E-state index in [1.165, 1.54) is 0 Å². The third-order valence-corrected chi connectivity index (χ3v) is 5.05. The lowest BCUT2D eigenvalue weighted by atomic mass is 10.0. The van der Waals surface area contributed by atoms with Crippen molar-refractivity contribution in [3.63, 3.8) is 0 Å². The third-order valence-electron chi connectivity index (χ3n) is 4.10. The first-order valence-corrected chi connectivity index (χ1v) is 9.46. The largest absolute Gasteiger partial charge is 0.508 e. The number of aromatic hydroxyl groups is 1. The average Bonchev–Trinajstić information content (AvgIpc) is 3.04. The molecule has 1 aromatic carbocycles. The summed E-state index contributed by atoms with van der Waals surface area (Å²) in [7, 11) is 0. The minimum atomic E-state index is -0.501. The lowest BCUT2D eigenvalue weighted by Gasteiger charge is -2.35. The van der Waals surface area contributed by atoms with Crippen molar-refractivity contribution < 1.29 is 14.6 Å². The van der Waals surface area contributed by atoms with Gasteiger partial charge in [0.25, 0.3) is 0 Å². The highest BCUT2D eigenvalue weighted by atomic mass is 32.1. The number of piperidine rings is 1. The van der Waals surface area contributed by atoms with Crippen molar-refractivity contribution in [2.24, 2.45) is 0 Å². The molecule has 1 aromatic heterocycles. The van der Waals surface area contributed by atoms with Crippen LogP contribution >= 0.6 is 11.3 Å². The van der Waals surface area contributed by atoms with Gasteiger partial charge in [0, 0.05) is 17.5 Å². The lowest BCUT2D eigenvalue weighted by Crippen LogP contribution is -2.41. The summed E-state index contributed by atoms with van der Waals surface area (Å²) < 4.78 is 5.57. The molecule has 0 bridgehead atoms. The quantitative estimate of drug-likeness (QED) is 0.820. The summed E-state index contributed by atoms with van der Waals surface area (Å²) in [5.74, 6) is 0.239. The Hall–Kier alpha value is -2.08. The molecular formula is C19H24N2O3S. The van der Waals surface area contributed by atoms with E-state index in [-0.39, 0.29) is 17.9 Å². The molecule has 0 aliphatic carbocycles. The topological polar surface area (TPSA) is 62.7 Å². The van der Waals surface area contributed by atoms with Gasteiger partial charge in [-0.1, -0.05) is 0 Å². The summed E-state index contributed by atoms with van der Waals surface area (Å²) in [5.41, 5.74) is 1.33. The van der Waals surface area contributed by atoms with E-state index < -0.39 is 5.60 Å². The van der Waals surface area contributed by atoms with Crippen LogP contribution in [0.4, 0.5) is 4.79 Å². The number of ether oxygens (including phenoxy) is 1. The number of hydrogen-bond donors (Lipinski definition) is 1. The molecule has 3 rings (SSSR count). The molecule has 2 heterocycles. The third kappa shape index (κ3) is 4.31. The number of carbonyl (C=O) groups is 1. The van der Waals surface area contributed by atoms with Gasteiger partial charge in [-0.3, -0.25) is 4.90 Å². The Morgan fingerprint density at radius 1 is 1.28 bits per heavy atom. The molecule has 1 N–H and O–H groups in total. The van der Waals surface area contributed by atoms with Gasteiger partial charge in [0.1, 0.15) is 16.4 Å². The summed E-state index contributed by atoms with van der Waals surface area (Å²) in [6.07, 6.45) is 2.71. The van der Waals surface area contributed by atoms with Crippen LogP contribution in [0.25, 0.3) is 11.3 Å². The minimum absolute atomic E-state index is 0.0283. The fourth-order valence-electron chi connectivity index (χ4n) is 2.93. The molecule has 0 radical (unpaired) electrons. The zero-order valence-corrected chi connectivity index (χ0v) is 15.7. The summed E-state index contributed by atoms with van der Waals surface area (Å²) in [6, 6.07) is 6.98. The van der Waals surface area contributed by atoms with E-state index in [0.29, 0.717) is 6.54 Å². The summed E-state index contributed by atoms with van der Waals surface area (Å²) in [6.45, 7) is 6.36. The number of nitrogens with zero attached hydrogens (tertiary/aromatic N) is 2. The maximum Gasteiger partial charge on any atom is 0.410 e. The van der Waals surface area contributed by atoms with Gasteiger partial charge >= 0.3 is 6.09 Å². The van der Waals surface area contributed by atoms with Crippen molar-refractivity contribution in [2.75, 3.05) is 6.54 Å². The summed E-state index contributed by atoms with van der Waals surface area (Å²) in [4.78, 5) is 19.1. The van der Waals surface area contributed by atoms with Gasteiger partial charge in [-0.25, -0.2) is 9.78 Å². The number of amides is 1. The minimum Gasteiger partial charge on any atom is -0.508 e. The Bertz CT molecular complexity index is 734. The molecule has 1 aliphatic heterocycles. The number of aromatic nitrogens is 1. The first-order valence-electron chi connectivity index (χ1n) is 8.58. The van der Waals surface area contributed by atoms with E-state index in [1.807, 2.05) is 43.2 Å². The fraction of sp³-hybridized carbons (Fsp3) is 0.474. The predicted molar refractivity (Wildman–Crippen MR) is 98.7 cm³/mol. The van der Waals surface area contributed by atoms with Crippen LogP contribution in [0, 0.1) is 0 Å². The first kappa shape index (κ1) is 17.7. The van der Waals surface area contributed by atoms with E-state index in [4.69, 9.17) is 9.72 Å². The maximum atomic E-state index is 12.6. The Balaban J connectivity index is 1.81. The van der Waals surface area contributed by atoms with Gasteiger partial charge in [0.15, 0.2) is 0 Å². The number of phenols is 1. The molecule has 5 nitrogen and oxygen atoms in total. The second-order valence-corrected chi connectivity index (χ2v) is 8.19. The molecule has 1 amide bonds. The van der Waals surface area contributed by atoms with Crippen LogP contribution < -0.4 is 0 Å². The zero-order chi connectivity index (χ0) is 18.0. The normalized spacial score (nSPS) is 18.2. The van der Waals surface area contributed by atoms with Crippen molar-refractivity contribution in [1.29, 1.82) is 0 Å². The van der Waals surface area contributed by atoms with Crippen LogP contribution in [0.15, 0.2) is 29.6 Å². The molecule has 1 saturated heterocycles. The van der Waals surface area contributed by atoms with Gasteiger partial charge in [-0.05, 0) is 64.3 Å². The van der Waals surface area contributed by atoms with Crippen LogP contribution in [0.3, 0.4) is 0 Å². The van der Waals surface area contributed by atoms with Crippen molar-refractivity contribution in [3.8, 4) is 17.0 Å². The highest BCUT2D eigenvalue weighted by Gasteiger charge is 2.33. The average molecular weight is 360 g/mol. The lowest BCUT2D eigenvalue weighted by molar-refractivity contribution is 0.00949. The van der Waals surface area contributed by atoms with Crippen molar-refractivity contribution in [3.05, 3.63) is 34.7 Å². The molecule has 1 atom stereocenters. The van der Waals surface area contributed by atoms with Gasteiger partial charge in [0.2, 0.25) is 0 Å². The summed E-state index contributed by atoms with van der Waals surface area (Å²) >= 11 is 1.57. The van der Waals surface area contributed by atoms with Crippen molar-refractivity contribution in [2.45, 2.75) is 51.7 Å². The first-order chi connectivity index (χ1) is 11.8. The van der Waals surface area contributed by atoms with Gasteiger partial charge in [-0.15, -0.1) is 11.3 Å². The van der Waals surface area contributed by atoms with Crippen LogP contribution in [0.5, 0.6) is 5.75 Å². The van der Waals surface area contributed by atoms with Crippen LogP contribution in [-0.2, 0) is 4.74 Å². The zero-order valence-electron chi connectivity index (χ0n) is 14.9. The van der Waals surface area contributed by atoms with Crippen molar-refractivity contribution >= 4 is 17.4 Å². The second-order valence-electron chi connectivity index (χ2n) is 7.30. The van der Waals surface area contributed by atoms with E-state index in [9.17, 15) is 9.90 Å². The van der Waals surface area contributed by atoms with E-state index in [0.717, 1.165) is 35.5 Å². The molecule has 1 unspecified atom stereocenters. The van der Waals surface area contributed by atoms with Crippen LogP contribution in [0.2, 0.25) is 0 Å². The number of hydrogen-bond acceptors (Lipinski definition) is 5. The molecule has 1 fully saturated rings. The van der Waals surface area contributed by atoms with Gasteiger partial charge < -0.3 is 9.84 Å². The molecule has 1 aliphatic rings. The highest BCUT2D eigenvalue weighted by molar-refractivity contribution is 7.10. The number of phenolic OH excluding ortho intramolecular Hbond substituents is 1. The number of rotatable bonds is 2. The molecule has 2 aromatic rings. The molecule has 134 valence electrons. The Kier molecular flexibility index (Phi) is 4.99. The molecule has 0 spiro atoms. The maximum absolute atomic E-state index is 12.6. The SMILES string of the molecule is CC(C)(C)OC(=O)N1CCCCC1c1nc(-c2ccc(O)cc2)cs1. The van der Waals surface area contributed by atoms with Crippen LogP contribution in [0.1, 0.15) is 51.1 Å². The Labute approximate surface area is 152 Å². The van der Waals surface area contributed by atoms with Gasteiger partial charge in [0.05, 0.1) is 11.7 Å². The summed E-state index contributed by atoms with van der Waals surface area (Å²) in [5, 5.41) is 12.4. The molecule has 25 heavy (non-hydrogen) atoms. The number of benzene rings is 1. The Morgan fingerprint density at radius 3 is 2.68 bits per heavy atom. The van der Waals surface area contributed by atoms with E-state index in [1.54, 1.807) is 23.5 Å². The second kappa shape index (κ2) is 7.04. The molecular weight excluding hydrogens is 336 g/mol. The van der Waals surface area contributed by atoms with Crippen LogP contribution in [-0.4, -0.2) is 33.2 Å².